The molecule has 0 aliphatic carbocycles. The third-order valence-electron chi connectivity index (χ3n) is 7.52. The van der Waals surface area contributed by atoms with E-state index in [1.807, 2.05) is 12.3 Å². The van der Waals surface area contributed by atoms with Gasteiger partial charge in [0.25, 0.3) is 0 Å². The number of aromatic nitrogens is 1. The van der Waals surface area contributed by atoms with Gasteiger partial charge in [0.1, 0.15) is 0 Å². The van der Waals surface area contributed by atoms with Gasteiger partial charge in [0.2, 0.25) is 0 Å². The predicted octanol–water partition coefficient (Wildman–Crippen LogP) is 10.3. The molecule has 0 saturated heterocycles. The van der Waals surface area contributed by atoms with Crippen molar-refractivity contribution in [1.29, 1.82) is 0 Å². The Morgan fingerprint density at radius 3 is 1.55 bits per heavy atom. The Morgan fingerprint density at radius 2 is 0.925 bits per heavy atom. The zero-order valence-electron chi connectivity index (χ0n) is 22.0. The summed E-state index contributed by atoms with van der Waals surface area (Å²) < 4.78 is 0. The quantitative estimate of drug-likeness (QED) is 0.166. The molecule has 1 nitrogen and oxygen atoms in total. The van der Waals surface area contributed by atoms with Crippen molar-refractivity contribution in [2.45, 2.75) is 0 Å². The molecule has 40 heavy (non-hydrogen) atoms. The van der Waals surface area contributed by atoms with Gasteiger partial charge in [0, 0.05) is 17.1 Å². The maximum absolute atomic E-state index is 4.91. The molecule has 0 aliphatic heterocycles. The van der Waals surface area contributed by atoms with E-state index in [-0.39, 0.29) is 0 Å². The Labute approximate surface area is 234 Å². The molecule has 0 fully saturated rings. The molecule has 1 aromatic heterocycles. The van der Waals surface area contributed by atoms with E-state index >= 15 is 0 Å². The SMILES string of the molecule is C(=C(c1ccccc1)c1ccccc1)c1ccc(-c2c3ccccc3c(-c3ccccc3)c3ncccc23)cc1. The summed E-state index contributed by atoms with van der Waals surface area (Å²) in [6, 6.07) is 53.7. The van der Waals surface area contributed by atoms with Crippen LogP contribution in [-0.4, -0.2) is 4.98 Å². The first-order valence-electron chi connectivity index (χ1n) is 13.6. The van der Waals surface area contributed by atoms with Gasteiger partial charge in [0.15, 0.2) is 0 Å². The minimum absolute atomic E-state index is 1.03. The van der Waals surface area contributed by atoms with E-state index in [9.17, 15) is 0 Å². The van der Waals surface area contributed by atoms with E-state index < -0.39 is 0 Å². The van der Waals surface area contributed by atoms with Crippen LogP contribution in [0.1, 0.15) is 16.7 Å². The minimum atomic E-state index is 1.03. The zero-order chi connectivity index (χ0) is 26.7. The molecule has 0 radical (unpaired) electrons. The Hall–Kier alpha value is -5.27. The second-order valence-corrected chi connectivity index (χ2v) is 9.97. The van der Waals surface area contributed by atoms with Gasteiger partial charge < -0.3 is 0 Å². The second-order valence-electron chi connectivity index (χ2n) is 9.97. The van der Waals surface area contributed by atoms with Gasteiger partial charge in [-0.25, -0.2) is 0 Å². The Bertz CT molecular complexity index is 1860. The summed E-state index contributed by atoms with van der Waals surface area (Å²) in [6.07, 6.45) is 4.18. The summed E-state index contributed by atoms with van der Waals surface area (Å²) >= 11 is 0. The maximum atomic E-state index is 4.91. The van der Waals surface area contributed by atoms with Crippen LogP contribution in [0.5, 0.6) is 0 Å². The van der Waals surface area contributed by atoms with E-state index in [1.54, 1.807) is 0 Å². The molecule has 0 atom stereocenters. The molecule has 0 bridgehead atoms. The summed E-state index contributed by atoms with van der Waals surface area (Å²) in [4.78, 5) is 4.91. The third kappa shape index (κ3) is 4.38. The number of nitrogens with zero attached hydrogens (tertiary/aromatic N) is 1. The van der Waals surface area contributed by atoms with Gasteiger partial charge in [-0.3, -0.25) is 4.98 Å². The zero-order valence-corrected chi connectivity index (χ0v) is 22.0. The van der Waals surface area contributed by atoms with Gasteiger partial charge >= 0.3 is 0 Å². The summed E-state index contributed by atoms with van der Waals surface area (Å²) in [5, 5.41) is 3.62. The number of rotatable bonds is 5. The Balaban J connectivity index is 1.40. The van der Waals surface area contributed by atoms with Crippen molar-refractivity contribution in [3.63, 3.8) is 0 Å². The number of hydrogen-bond acceptors (Lipinski definition) is 1. The molecule has 7 rings (SSSR count). The molecule has 7 aromatic rings. The van der Waals surface area contributed by atoms with Gasteiger partial charge in [0.05, 0.1) is 5.52 Å². The summed E-state index contributed by atoms with van der Waals surface area (Å²) in [6.45, 7) is 0. The lowest BCUT2D eigenvalue weighted by molar-refractivity contribution is 1.42. The fourth-order valence-electron chi connectivity index (χ4n) is 5.69. The van der Waals surface area contributed by atoms with Gasteiger partial charge in [-0.15, -0.1) is 0 Å². The van der Waals surface area contributed by atoms with Crippen LogP contribution in [-0.2, 0) is 0 Å². The number of fused-ring (bicyclic) bond motifs is 2. The Kier molecular flexibility index (Phi) is 6.24. The lowest BCUT2D eigenvalue weighted by Gasteiger charge is -2.17. The van der Waals surface area contributed by atoms with Crippen LogP contribution in [0.25, 0.3) is 55.6 Å². The molecule has 0 unspecified atom stereocenters. The normalized spacial score (nSPS) is 11.0. The highest BCUT2D eigenvalue weighted by atomic mass is 14.7. The molecule has 0 spiro atoms. The predicted molar refractivity (Wildman–Crippen MR) is 170 cm³/mol. The molecule has 0 aliphatic rings. The molecule has 0 saturated carbocycles. The van der Waals surface area contributed by atoms with Crippen molar-refractivity contribution in [3.8, 4) is 22.3 Å². The van der Waals surface area contributed by atoms with E-state index in [1.165, 1.54) is 55.3 Å². The van der Waals surface area contributed by atoms with Crippen molar-refractivity contribution in [2.24, 2.45) is 0 Å². The molecule has 0 amide bonds. The van der Waals surface area contributed by atoms with Gasteiger partial charge in [-0.05, 0) is 61.9 Å². The molecule has 6 aromatic carbocycles. The summed E-state index contributed by atoms with van der Waals surface area (Å²) in [7, 11) is 0. The highest BCUT2D eigenvalue weighted by Gasteiger charge is 2.17. The molecule has 188 valence electrons. The highest BCUT2D eigenvalue weighted by molar-refractivity contribution is 6.20. The smallest absolute Gasteiger partial charge is 0.0792 e. The van der Waals surface area contributed by atoms with Crippen LogP contribution in [0.4, 0.5) is 0 Å². The van der Waals surface area contributed by atoms with Crippen molar-refractivity contribution in [3.05, 3.63) is 175 Å². The van der Waals surface area contributed by atoms with E-state index in [2.05, 4.69) is 152 Å². The van der Waals surface area contributed by atoms with Crippen LogP contribution < -0.4 is 0 Å². The third-order valence-corrected chi connectivity index (χ3v) is 7.52. The van der Waals surface area contributed by atoms with Crippen LogP contribution >= 0.6 is 0 Å². The second kappa shape index (κ2) is 10.5. The first-order valence-corrected chi connectivity index (χ1v) is 13.6. The standard InChI is InChI=1S/C39H27N/c1-4-13-29(14-5-1)36(30-15-6-2-7-16-30)27-28-22-24-32(25-23-28)37-33-19-10-11-20-34(33)38(31-17-8-3-9-18-31)39-35(37)21-12-26-40-39/h1-27H. The molecule has 1 heterocycles. The van der Waals surface area contributed by atoms with Gasteiger partial charge in [-0.2, -0.15) is 0 Å². The number of hydrogen-bond donors (Lipinski definition) is 0. The average Bonchev–Trinajstić information content (AvgIpc) is 3.04. The summed E-state index contributed by atoms with van der Waals surface area (Å²) in [5.41, 5.74) is 10.6. The topological polar surface area (TPSA) is 12.9 Å². The fraction of sp³-hybridized carbons (Fsp3) is 0. The van der Waals surface area contributed by atoms with Crippen molar-refractivity contribution < 1.29 is 0 Å². The first kappa shape index (κ1) is 23.8. The highest BCUT2D eigenvalue weighted by Crippen LogP contribution is 2.42. The fourth-order valence-corrected chi connectivity index (χ4v) is 5.69. The van der Waals surface area contributed by atoms with E-state index in [0.29, 0.717) is 0 Å². The Morgan fingerprint density at radius 1 is 0.425 bits per heavy atom. The molecule has 1 heteroatoms. The lowest BCUT2D eigenvalue weighted by atomic mass is 9.87. The lowest BCUT2D eigenvalue weighted by Crippen LogP contribution is -1.92. The molecular formula is C39H27N. The number of benzene rings is 6. The minimum Gasteiger partial charge on any atom is -0.256 e. The molecule has 0 N–H and O–H groups in total. The van der Waals surface area contributed by atoms with Gasteiger partial charge in [-0.1, -0.05) is 146 Å². The van der Waals surface area contributed by atoms with Crippen LogP contribution in [0.2, 0.25) is 0 Å². The van der Waals surface area contributed by atoms with Crippen molar-refractivity contribution in [1.82, 2.24) is 4.98 Å². The average molecular weight is 510 g/mol. The monoisotopic (exact) mass is 509 g/mol. The van der Waals surface area contributed by atoms with E-state index in [4.69, 9.17) is 4.98 Å². The largest absolute Gasteiger partial charge is 0.256 e. The van der Waals surface area contributed by atoms with Crippen LogP contribution in [0.3, 0.4) is 0 Å². The maximum Gasteiger partial charge on any atom is 0.0792 e. The van der Waals surface area contributed by atoms with Crippen LogP contribution in [0, 0.1) is 0 Å². The summed E-state index contributed by atoms with van der Waals surface area (Å²) in [5.74, 6) is 0. The van der Waals surface area contributed by atoms with E-state index in [0.717, 1.165) is 10.9 Å². The molecular weight excluding hydrogens is 482 g/mol. The van der Waals surface area contributed by atoms with Crippen LogP contribution in [0.15, 0.2) is 158 Å². The van der Waals surface area contributed by atoms with Crippen molar-refractivity contribution in [2.75, 3.05) is 0 Å². The first-order chi connectivity index (χ1) is 19.9. The van der Waals surface area contributed by atoms with Crippen molar-refractivity contribution >= 4 is 33.3 Å². The number of pyridine rings is 1.